The summed E-state index contributed by atoms with van der Waals surface area (Å²) in [5, 5.41) is 13.8. The van der Waals surface area contributed by atoms with Gasteiger partial charge in [-0.3, -0.25) is 14.9 Å². The molecule has 1 aliphatic heterocycles. The number of nitro groups is 1. The first-order chi connectivity index (χ1) is 12.6. The second-order valence-corrected chi connectivity index (χ2v) is 6.25. The van der Waals surface area contributed by atoms with Gasteiger partial charge in [-0.25, -0.2) is 0 Å². The van der Waals surface area contributed by atoms with Crippen LogP contribution in [0.3, 0.4) is 0 Å². The highest BCUT2D eigenvalue weighted by Gasteiger charge is 2.23. The summed E-state index contributed by atoms with van der Waals surface area (Å²) in [5.41, 5.74) is 1.05. The monoisotopic (exact) mass is 355 g/mol. The molecular weight excluding hydrogens is 334 g/mol. The number of nitro benzene ring substituents is 1. The Balaban J connectivity index is 1.43. The standard InChI is InChI=1S/C19H21N3O4/c23-19(14-26-18-9-5-4-8-17(18)22(24)25)20-12-15-10-11-21(13-15)16-6-2-1-3-7-16/h1-9,15H,10-14H2,(H,20,23)/t15-/m1/s1. The molecule has 1 atom stereocenters. The molecule has 1 N–H and O–H groups in total. The summed E-state index contributed by atoms with van der Waals surface area (Å²) in [6.45, 7) is 2.20. The van der Waals surface area contributed by atoms with Gasteiger partial charge in [0.1, 0.15) is 0 Å². The molecule has 0 bridgehead atoms. The third-order valence-electron chi connectivity index (χ3n) is 4.42. The number of ether oxygens (including phenoxy) is 1. The third kappa shape index (κ3) is 4.50. The Kier molecular flexibility index (Phi) is 5.68. The van der Waals surface area contributed by atoms with Crippen molar-refractivity contribution in [2.24, 2.45) is 5.92 Å². The van der Waals surface area contributed by atoms with Crippen LogP contribution in [-0.4, -0.2) is 37.1 Å². The van der Waals surface area contributed by atoms with Crippen LogP contribution in [0.5, 0.6) is 5.75 Å². The summed E-state index contributed by atoms with van der Waals surface area (Å²) in [7, 11) is 0. The Morgan fingerprint density at radius 1 is 1.19 bits per heavy atom. The fraction of sp³-hybridized carbons (Fsp3) is 0.316. The van der Waals surface area contributed by atoms with Gasteiger partial charge in [-0.2, -0.15) is 0 Å². The van der Waals surface area contributed by atoms with Crippen LogP contribution in [-0.2, 0) is 4.79 Å². The van der Waals surface area contributed by atoms with Crippen LogP contribution in [0.2, 0.25) is 0 Å². The second-order valence-electron chi connectivity index (χ2n) is 6.25. The molecule has 0 saturated carbocycles. The van der Waals surface area contributed by atoms with E-state index < -0.39 is 4.92 Å². The predicted molar refractivity (Wildman–Crippen MR) is 98.4 cm³/mol. The zero-order valence-corrected chi connectivity index (χ0v) is 14.3. The summed E-state index contributed by atoms with van der Waals surface area (Å²) < 4.78 is 5.30. The van der Waals surface area contributed by atoms with Gasteiger partial charge >= 0.3 is 5.69 Å². The van der Waals surface area contributed by atoms with Crippen molar-refractivity contribution in [3.05, 3.63) is 64.7 Å². The molecule has 1 fully saturated rings. The molecule has 2 aromatic carbocycles. The van der Waals surface area contributed by atoms with E-state index in [1.807, 2.05) is 18.2 Å². The number of nitrogens with one attached hydrogen (secondary N) is 1. The molecule has 2 aromatic rings. The SMILES string of the molecule is O=C(COc1ccccc1[N+](=O)[O-])NC[C@H]1CCN(c2ccccc2)C1. The molecule has 0 aliphatic carbocycles. The highest BCUT2D eigenvalue weighted by Crippen LogP contribution is 2.26. The Hall–Kier alpha value is -3.09. The molecule has 1 heterocycles. The van der Waals surface area contributed by atoms with Crippen LogP contribution in [0.1, 0.15) is 6.42 Å². The van der Waals surface area contributed by atoms with Crippen molar-refractivity contribution in [1.82, 2.24) is 5.32 Å². The molecule has 1 amide bonds. The van der Waals surface area contributed by atoms with Gasteiger partial charge in [0.15, 0.2) is 12.4 Å². The molecule has 1 aliphatic rings. The lowest BCUT2D eigenvalue weighted by Gasteiger charge is -2.18. The number of rotatable bonds is 7. The summed E-state index contributed by atoms with van der Waals surface area (Å²) in [5.74, 6) is 0.204. The minimum atomic E-state index is -0.524. The maximum absolute atomic E-state index is 12.0. The number of carbonyl (C=O) groups excluding carboxylic acids is 1. The maximum Gasteiger partial charge on any atom is 0.310 e. The van der Waals surface area contributed by atoms with Crippen LogP contribution in [0, 0.1) is 16.0 Å². The van der Waals surface area contributed by atoms with Gasteiger partial charge in [0.25, 0.3) is 5.91 Å². The summed E-state index contributed by atoms with van der Waals surface area (Å²) in [6, 6.07) is 16.2. The van der Waals surface area contributed by atoms with E-state index in [4.69, 9.17) is 4.74 Å². The number of hydrogen-bond acceptors (Lipinski definition) is 5. The predicted octanol–water partition coefficient (Wildman–Crippen LogP) is 2.62. The maximum atomic E-state index is 12.0. The van der Waals surface area contributed by atoms with E-state index >= 15 is 0 Å². The number of amides is 1. The van der Waals surface area contributed by atoms with Crippen LogP contribution in [0.25, 0.3) is 0 Å². The Labute approximate surface area is 151 Å². The molecule has 26 heavy (non-hydrogen) atoms. The van der Waals surface area contributed by atoms with E-state index in [1.54, 1.807) is 12.1 Å². The highest BCUT2D eigenvalue weighted by atomic mass is 16.6. The second kappa shape index (κ2) is 8.33. The summed E-state index contributed by atoms with van der Waals surface area (Å²) in [4.78, 5) is 24.7. The van der Waals surface area contributed by atoms with Gasteiger partial charge < -0.3 is 15.0 Å². The van der Waals surface area contributed by atoms with Gasteiger partial charge in [-0.1, -0.05) is 30.3 Å². The van der Waals surface area contributed by atoms with Gasteiger partial charge in [-0.05, 0) is 30.5 Å². The first-order valence-electron chi connectivity index (χ1n) is 8.56. The van der Waals surface area contributed by atoms with E-state index in [0.717, 1.165) is 19.5 Å². The fourth-order valence-corrected chi connectivity index (χ4v) is 3.06. The van der Waals surface area contributed by atoms with E-state index in [0.29, 0.717) is 12.5 Å². The lowest BCUT2D eigenvalue weighted by molar-refractivity contribution is -0.385. The average Bonchev–Trinajstić information content (AvgIpc) is 3.14. The molecule has 3 rings (SSSR count). The van der Waals surface area contributed by atoms with Crippen LogP contribution in [0.15, 0.2) is 54.6 Å². The lowest BCUT2D eigenvalue weighted by atomic mass is 10.1. The fourth-order valence-electron chi connectivity index (χ4n) is 3.06. The molecule has 0 unspecified atom stereocenters. The van der Waals surface area contributed by atoms with Crippen molar-refractivity contribution in [1.29, 1.82) is 0 Å². The number of nitrogens with zero attached hydrogens (tertiary/aromatic N) is 2. The third-order valence-corrected chi connectivity index (χ3v) is 4.42. The van der Waals surface area contributed by atoms with E-state index in [-0.39, 0.29) is 24.0 Å². The van der Waals surface area contributed by atoms with Gasteiger partial charge in [-0.15, -0.1) is 0 Å². The zero-order valence-electron chi connectivity index (χ0n) is 14.3. The quantitative estimate of drug-likeness (QED) is 0.610. The van der Waals surface area contributed by atoms with Crippen molar-refractivity contribution in [3.8, 4) is 5.75 Å². The summed E-state index contributed by atoms with van der Waals surface area (Å²) >= 11 is 0. The van der Waals surface area contributed by atoms with Crippen molar-refractivity contribution in [2.45, 2.75) is 6.42 Å². The van der Waals surface area contributed by atoms with E-state index in [2.05, 4.69) is 22.3 Å². The van der Waals surface area contributed by atoms with Crippen LogP contribution in [0.4, 0.5) is 11.4 Å². The molecule has 1 saturated heterocycles. The lowest BCUT2D eigenvalue weighted by Crippen LogP contribution is -2.34. The molecule has 7 heteroatoms. The Bertz CT molecular complexity index is 766. The minimum Gasteiger partial charge on any atom is -0.477 e. The smallest absolute Gasteiger partial charge is 0.310 e. The largest absolute Gasteiger partial charge is 0.477 e. The van der Waals surface area contributed by atoms with Crippen molar-refractivity contribution < 1.29 is 14.5 Å². The number of benzene rings is 2. The van der Waals surface area contributed by atoms with Crippen molar-refractivity contribution >= 4 is 17.3 Å². The van der Waals surface area contributed by atoms with Gasteiger partial charge in [0, 0.05) is 31.4 Å². The molecule has 0 spiro atoms. The summed E-state index contributed by atoms with van der Waals surface area (Å²) in [6.07, 6.45) is 1.01. The van der Waals surface area contributed by atoms with Crippen LogP contribution < -0.4 is 15.0 Å². The molecule has 0 radical (unpaired) electrons. The van der Waals surface area contributed by atoms with Gasteiger partial charge in [0.2, 0.25) is 0 Å². The molecule has 136 valence electrons. The molecule has 0 aromatic heterocycles. The van der Waals surface area contributed by atoms with E-state index in [9.17, 15) is 14.9 Å². The average molecular weight is 355 g/mol. The van der Waals surface area contributed by atoms with Crippen molar-refractivity contribution in [3.63, 3.8) is 0 Å². The number of para-hydroxylation sites is 3. The normalized spacial score (nSPS) is 16.3. The van der Waals surface area contributed by atoms with E-state index in [1.165, 1.54) is 17.8 Å². The van der Waals surface area contributed by atoms with Gasteiger partial charge in [0.05, 0.1) is 4.92 Å². The minimum absolute atomic E-state index is 0.101. The topological polar surface area (TPSA) is 84.7 Å². The first-order valence-corrected chi connectivity index (χ1v) is 8.56. The zero-order chi connectivity index (χ0) is 18.4. The Morgan fingerprint density at radius 3 is 2.69 bits per heavy atom. The Morgan fingerprint density at radius 2 is 1.92 bits per heavy atom. The number of anilines is 1. The number of hydrogen-bond donors (Lipinski definition) is 1. The van der Waals surface area contributed by atoms with Crippen molar-refractivity contribution in [2.75, 3.05) is 31.1 Å². The molecular formula is C19H21N3O4. The number of carbonyl (C=O) groups is 1. The first kappa shape index (κ1) is 17.7. The highest BCUT2D eigenvalue weighted by molar-refractivity contribution is 5.77. The molecule has 7 nitrogen and oxygen atoms in total. The van der Waals surface area contributed by atoms with Crippen LogP contribution >= 0.6 is 0 Å².